The van der Waals surface area contributed by atoms with Gasteiger partial charge in [0, 0.05) is 6.54 Å². The van der Waals surface area contributed by atoms with Gasteiger partial charge < -0.3 is 5.32 Å². The maximum Gasteiger partial charge on any atom is 0.123 e. The van der Waals surface area contributed by atoms with Gasteiger partial charge in [0.05, 0.1) is 0 Å². The molecule has 1 rings (SSSR count). The van der Waals surface area contributed by atoms with Crippen LogP contribution in [-0.2, 0) is 6.42 Å². The van der Waals surface area contributed by atoms with Crippen LogP contribution in [0, 0.1) is 18.2 Å². The Morgan fingerprint density at radius 1 is 1.28 bits per heavy atom. The highest BCUT2D eigenvalue weighted by Gasteiger charge is 2.23. The van der Waals surface area contributed by atoms with E-state index in [9.17, 15) is 4.39 Å². The molecule has 0 aliphatic heterocycles. The molecule has 0 radical (unpaired) electrons. The average molecular weight is 251 g/mol. The minimum absolute atomic E-state index is 0.129. The summed E-state index contributed by atoms with van der Waals surface area (Å²) in [4.78, 5) is 0. The van der Waals surface area contributed by atoms with Crippen LogP contribution in [0.1, 0.15) is 44.7 Å². The van der Waals surface area contributed by atoms with Gasteiger partial charge in [0.25, 0.3) is 0 Å². The molecule has 1 unspecified atom stereocenters. The largest absolute Gasteiger partial charge is 0.316 e. The van der Waals surface area contributed by atoms with Gasteiger partial charge in [-0.25, -0.2) is 4.39 Å². The Morgan fingerprint density at radius 2 is 2.00 bits per heavy atom. The van der Waals surface area contributed by atoms with Crippen LogP contribution in [-0.4, -0.2) is 13.1 Å². The molecule has 0 amide bonds. The summed E-state index contributed by atoms with van der Waals surface area (Å²) in [6.45, 7) is 10.8. The first-order valence-electron chi connectivity index (χ1n) is 6.96. The van der Waals surface area contributed by atoms with E-state index >= 15 is 0 Å². The summed E-state index contributed by atoms with van der Waals surface area (Å²) in [7, 11) is 0. The van der Waals surface area contributed by atoms with Crippen molar-refractivity contribution in [3.05, 3.63) is 35.1 Å². The molecule has 1 nitrogen and oxygen atoms in total. The van der Waals surface area contributed by atoms with E-state index in [4.69, 9.17) is 0 Å². The summed E-state index contributed by atoms with van der Waals surface area (Å²) < 4.78 is 13.3. The minimum Gasteiger partial charge on any atom is -0.316 e. The summed E-state index contributed by atoms with van der Waals surface area (Å²) in [5.74, 6) is -0.129. The van der Waals surface area contributed by atoms with Gasteiger partial charge in [0.2, 0.25) is 0 Å². The van der Waals surface area contributed by atoms with Crippen molar-refractivity contribution in [1.29, 1.82) is 0 Å². The van der Waals surface area contributed by atoms with E-state index < -0.39 is 0 Å². The van der Waals surface area contributed by atoms with Crippen LogP contribution in [0.2, 0.25) is 0 Å². The summed E-state index contributed by atoms with van der Waals surface area (Å²) in [6, 6.07) is 5.10. The summed E-state index contributed by atoms with van der Waals surface area (Å²) in [5.41, 5.74) is 2.53. The summed E-state index contributed by atoms with van der Waals surface area (Å²) in [6.07, 6.45) is 3.18. The van der Waals surface area contributed by atoms with Gasteiger partial charge in [-0.2, -0.15) is 0 Å². The van der Waals surface area contributed by atoms with E-state index in [0.29, 0.717) is 0 Å². The first-order chi connectivity index (χ1) is 8.50. The summed E-state index contributed by atoms with van der Waals surface area (Å²) >= 11 is 0. The second-order valence-corrected chi connectivity index (χ2v) is 5.59. The Hall–Kier alpha value is -0.890. The number of hydrogen-bond donors (Lipinski definition) is 1. The van der Waals surface area contributed by atoms with Crippen LogP contribution in [0.3, 0.4) is 0 Å². The monoisotopic (exact) mass is 251 g/mol. The molecule has 0 aliphatic carbocycles. The van der Waals surface area contributed by atoms with Crippen molar-refractivity contribution in [3.63, 3.8) is 0 Å². The molecule has 1 aromatic rings. The Bertz CT molecular complexity index is 375. The van der Waals surface area contributed by atoms with E-state index in [0.717, 1.165) is 37.9 Å². The molecule has 0 heterocycles. The maximum atomic E-state index is 13.3. The third-order valence-corrected chi connectivity index (χ3v) is 3.76. The van der Waals surface area contributed by atoms with Crippen LogP contribution >= 0.6 is 0 Å². The highest BCUT2D eigenvalue weighted by molar-refractivity contribution is 5.27. The van der Waals surface area contributed by atoms with Gasteiger partial charge >= 0.3 is 0 Å². The van der Waals surface area contributed by atoms with Crippen molar-refractivity contribution in [2.24, 2.45) is 5.41 Å². The second-order valence-electron chi connectivity index (χ2n) is 5.59. The number of nitrogens with one attached hydrogen (secondary N) is 1. The lowest BCUT2D eigenvalue weighted by Gasteiger charge is -2.29. The maximum absolute atomic E-state index is 13.3. The van der Waals surface area contributed by atoms with Crippen molar-refractivity contribution in [2.45, 2.75) is 47.0 Å². The number of hydrogen-bond acceptors (Lipinski definition) is 1. The average Bonchev–Trinajstić information content (AvgIpc) is 2.34. The lowest BCUT2D eigenvalue weighted by atomic mass is 9.80. The predicted octanol–water partition coefficient (Wildman–Crippen LogP) is 4.09. The minimum atomic E-state index is -0.129. The van der Waals surface area contributed by atoms with Crippen LogP contribution < -0.4 is 5.32 Å². The smallest absolute Gasteiger partial charge is 0.123 e. The Balaban J connectivity index is 2.74. The molecule has 0 fully saturated rings. The Morgan fingerprint density at radius 3 is 2.61 bits per heavy atom. The molecule has 1 N–H and O–H groups in total. The van der Waals surface area contributed by atoms with Crippen molar-refractivity contribution < 1.29 is 4.39 Å². The van der Waals surface area contributed by atoms with Crippen LogP contribution in [0.25, 0.3) is 0 Å². The predicted molar refractivity (Wildman–Crippen MR) is 76.4 cm³/mol. The standard InChI is InChI=1S/C16H26FN/c1-5-9-18-12-16(4,6-2)11-14-10-15(17)8-7-13(14)3/h7-8,10,18H,5-6,9,11-12H2,1-4H3. The molecule has 0 bridgehead atoms. The summed E-state index contributed by atoms with van der Waals surface area (Å²) in [5, 5.41) is 3.49. The molecule has 18 heavy (non-hydrogen) atoms. The SMILES string of the molecule is CCCNCC(C)(CC)Cc1cc(F)ccc1C. The number of benzene rings is 1. The van der Waals surface area contributed by atoms with Gasteiger partial charge in [-0.1, -0.05) is 26.8 Å². The van der Waals surface area contributed by atoms with E-state index in [1.807, 2.05) is 6.07 Å². The molecular weight excluding hydrogens is 225 g/mol. The second kappa shape index (κ2) is 6.89. The normalized spacial score (nSPS) is 14.5. The Labute approximate surface area is 111 Å². The molecular formula is C16H26FN. The van der Waals surface area contributed by atoms with E-state index in [2.05, 4.69) is 33.0 Å². The van der Waals surface area contributed by atoms with Gasteiger partial charge in [-0.3, -0.25) is 0 Å². The van der Waals surface area contributed by atoms with Gasteiger partial charge in [-0.05, 0) is 61.4 Å². The first kappa shape index (κ1) is 15.2. The zero-order valence-electron chi connectivity index (χ0n) is 12.1. The van der Waals surface area contributed by atoms with Crippen molar-refractivity contribution in [1.82, 2.24) is 5.32 Å². The van der Waals surface area contributed by atoms with Gasteiger partial charge in [0.15, 0.2) is 0 Å². The quantitative estimate of drug-likeness (QED) is 0.720. The Kier molecular flexibility index (Phi) is 5.80. The highest BCUT2D eigenvalue weighted by Crippen LogP contribution is 2.27. The van der Waals surface area contributed by atoms with Crippen LogP contribution in [0.15, 0.2) is 18.2 Å². The number of rotatable bonds is 7. The molecule has 0 spiro atoms. The zero-order valence-corrected chi connectivity index (χ0v) is 12.1. The third-order valence-electron chi connectivity index (χ3n) is 3.76. The molecule has 0 aromatic heterocycles. The van der Waals surface area contributed by atoms with E-state index in [1.54, 1.807) is 6.07 Å². The molecule has 102 valence electrons. The van der Waals surface area contributed by atoms with E-state index in [-0.39, 0.29) is 11.2 Å². The molecule has 0 saturated heterocycles. The van der Waals surface area contributed by atoms with Crippen molar-refractivity contribution in [3.8, 4) is 0 Å². The van der Waals surface area contributed by atoms with E-state index in [1.165, 1.54) is 11.6 Å². The molecule has 1 aromatic carbocycles. The fraction of sp³-hybridized carbons (Fsp3) is 0.625. The molecule has 2 heteroatoms. The molecule has 1 atom stereocenters. The lowest BCUT2D eigenvalue weighted by Crippen LogP contribution is -2.33. The molecule has 0 aliphatic rings. The van der Waals surface area contributed by atoms with Crippen molar-refractivity contribution >= 4 is 0 Å². The number of aryl methyl sites for hydroxylation is 1. The fourth-order valence-electron chi connectivity index (χ4n) is 2.17. The van der Waals surface area contributed by atoms with Crippen LogP contribution in [0.5, 0.6) is 0 Å². The fourth-order valence-corrected chi connectivity index (χ4v) is 2.17. The molecule has 0 saturated carbocycles. The zero-order chi connectivity index (χ0) is 13.6. The third kappa shape index (κ3) is 4.41. The van der Waals surface area contributed by atoms with Gasteiger partial charge in [0.1, 0.15) is 5.82 Å². The van der Waals surface area contributed by atoms with Gasteiger partial charge in [-0.15, -0.1) is 0 Å². The lowest BCUT2D eigenvalue weighted by molar-refractivity contribution is 0.290. The first-order valence-corrected chi connectivity index (χ1v) is 6.96. The number of halogens is 1. The van der Waals surface area contributed by atoms with Crippen LogP contribution in [0.4, 0.5) is 4.39 Å². The topological polar surface area (TPSA) is 12.0 Å². The highest BCUT2D eigenvalue weighted by atomic mass is 19.1. The van der Waals surface area contributed by atoms with Crippen molar-refractivity contribution in [2.75, 3.05) is 13.1 Å².